The van der Waals surface area contributed by atoms with E-state index in [9.17, 15) is 9.90 Å². The standard InChI is InChI=1S/C20H27NO4/c1-5-12-21-19(22)11-6-15(2)20(23)16(3)13-25-14-17-7-9-18(24-4)10-8-17/h1,6-11,15-16,20,23H,12-14H2,2-4H3,(H,21,22)/b11-6+/t15-,16-,20+/m1/s1. The third-order valence-electron chi connectivity index (χ3n) is 3.85. The molecule has 0 aliphatic carbocycles. The Morgan fingerprint density at radius 1 is 1.36 bits per heavy atom. The van der Waals surface area contributed by atoms with Crippen LogP contribution >= 0.6 is 0 Å². The van der Waals surface area contributed by atoms with Crippen LogP contribution in [0.25, 0.3) is 0 Å². The molecule has 0 aliphatic heterocycles. The van der Waals surface area contributed by atoms with Gasteiger partial charge in [-0.3, -0.25) is 4.79 Å². The van der Waals surface area contributed by atoms with E-state index in [2.05, 4.69) is 11.2 Å². The van der Waals surface area contributed by atoms with Crippen LogP contribution in [0, 0.1) is 24.2 Å². The molecule has 1 rings (SSSR count). The number of ether oxygens (including phenoxy) is 2. The molecule has 136 valence electrons. The molecule has 5 heteroatoms. The van der Waals surface area contributed by atoms with E-state index >= 15 is 0 Å². The van der Waals surface area contributed by atoms with Gasteiger partial charge in [0.15, 0.2) is 0 Å². The molecule has 0 saturated carbocycles. The molecule has 0 heterocycles. The van der Waals surface area contributed by atoms with Gasteiger partial charge >= 0.3 is 0 Å². The second-order valence-corrected chi connectivity index (χ2v) is 5.97. The number of carbonyl (C=O) groups is 1. The quantitative estimate of drug-likeness (QED) is 0.504. The van der Waals surface area contributed by atoms with Crippen molar-refractivity contribution >= 4 is 5.91 Å². The van der Waals surface area contributed by atoms with Gasteiger partial charge in [0.05, 0.1) is 33.0 Å². The summed E-state index contributed by atoms with van der Waals surface area (Å²) in [6, 6.07) is 7.66. The van der Waals surface area contributed by atoms with Gasteiger partial charge in [0, 0.05) is 11.8 Å². The number of hydrogen-bond donors (Lipinski definition) is 2. The second-order valence-electron chi connectivity index (χ2n) is 5.97. The summed E-state index contributed by atoms with van der Waals surface area (Å²) in [5.41, 5.74) is 1.04. The molecular weight excluding hydrogens is 318 g/mol. The molecule has 2 N–H and O–H groups in total. The predicted molar refractivity (Wildman–Crippen MR) is 98.0 cm³/mol. The smallest absolute Gasteiger partial charge is 0.244 e. The summed E-state index contributed by atoms with van der Waals surface area (Å²) < 4.78 is 10.8. The maximum absolute atomic E-state index is 11.5. The minimum absolute atomic E-state index is 0.0633. The molecule has 5 nitrogen and oxygen atoms in total. The van der Waals surface area contributed by atoms with Crippen molar-refractivity contribution in [3.8, 4) is 18.1 Å². The summed E-state index contributed by atoms with van der Waals surface area (Å²) >= 11 is 0. The van der Waals surface area contributed by atoms with E-state index in [4.69, 9.17) is 15.9 Å². The van der Waals surface area contributed by atoms with E-state index in [1.165, 1.54) is 6.08 Å². The normalized spacial score (nSPS) is 14.5. The number of rotatable bonds is 10. The van der Waals surface area contributed by atoms with Crippen LogP contribution < -0.4 is 10.1 Å². The molecule has 1 aromatic carbocycles. The molecule has 1 amide bonds. The number of carbonyl (C=O) groups excluding carboxylic acids is 1. The number of amides is 1. The number of methoxy groups -OCH3 is 1. The Hall–Kier alpha value is -2.29. The largest absolute Gasteiger partial charge is 0.497 e. The first-order valence-electron chi connectivity index (χ1n) is 8.26. The van der Waals surface area contributed by atoms with Crippen molar-refractivity contribution in [1.29, 1.82) is 0 Å². The summed E-state index contributed by atoms with van der Waals surface area (Å²) in [6.07, 6.45) is 7.55. The van der Waals surface area contributed by atoms with E-state index in [1.54, 1.807) is 13.2 Å². The van der Waals surface area contributed by atoms with E-state index < -0.39 is 6.10 Å². The number of terminal acetylenes is 1. The summed E-state index contributed by atoms with van der Waals surface area (Å²) in [5, 5.41) is 12.9. The average molecular weight is 345 g/mol. The fourth-order valence-electron chi connectivity index (χ4n) is 2.25. The summed E-state index contributed by atoms with van der Waals surface area (Å²) in [6.45, 7) is 4.86. The first-order valence-corrected chi connectivity index (χ1v) is 8.26. The maximum atomic E-state index is 11.5. The van der Waals surface area contributed by atoms with Crippen LogP contribution in [-0.2, 0) is 16.1 Å². The summed E-state index contributed by atoms with van der Waals surface area (Å²) in [4.78, 5) is 11.5. The van der Waals surface area contributed by atoms with Gasteiger partial charge in [0.25, 0.3) is 0 Å². The van der Waals surface area contributed by atoms with Gasteiger partial charge in [-0.05, 0) is 23.8 Å². The fourth-order valence-corrected chi connectivity index (χ4v) is 2.25. The van der Waals surface area contributed by atoms with Crippen molar-refractivity contribution in [1.82, 2.24) is 5.32 Å². The van der Waals surface area contributed by atoms with Crippen molar-refractivity contribution in [2.45, 2.75) is 26.6 Å². The Bertz CT molecular complexity index is 589. The van der Waals surface area contributed by atoms with Crippen molar-refractivity contribution in [3.63, 3.8) is 0 Å². The van der Waals surface area contributed by atoms with Gasteiger partial charge < -0.3 is 19.9 Å². The van der Waals surface area contributed by atoms with Crippen LogP contribution in [-0.4, -0.2) is 37.4 Å². The molecule has 0 aromatic heterocycles. The lowest BCUT2D eigenvalue weighted by Gasteiger charge is -2.22. The third-order valence-corrected chi connectivity index (χ3v) is 3.85. The molecular formula is C20H27NO4. The van der Waals surface area contributed by atoms with Gasteiger partial charge in [-0.2, -0.15) is 0 Å². The number of hydrogen-bond acceptors (Lipinski definition) is 4. The monoisotopic (exact) mass is 345 g/mol. The van der Waals surface area contributed by atoms with Crippen LogP contribution in [0.1, 0.15) is 19.4 Å². The lowest BCUT2D eigenvalue weighted by molar-refractivity contribution is -0.116. The van der Waals surface area contributed by atoms with Crippen LogP contribution in [0.2, 0.25) is 0 Å². The third kappa shape index (κ3) is 7.88. The van der Waals surface area contributed by atoms with Gasteiger partial charge in [0.2, 0.25) is 5.91 Å². The average Bonchev–Trinajstić information content (AvgIpc) is 2.64. The van der Waals surface area contributed by atoms with E-state index in [-0.39, 0.29) is 24.3 Å². The highest BCUT2D eigenvalue weighted by Gasteiger charge is 2.19. The van der Waals surface area contributed by atoms with Crippen LogP contribution in [0.5, 0.6) is 5.75 Å². The molecule has 0 saturated heterocycles. The number of aliphatic hydroxyl groups excluding tert-OH is 1. The van der Waals surface area contributed by atoms with Crippen molar-refractivity contribution in [2.24, 2.45) is 11.8 Å². The minimum Gasteiger partial charge on any atom is -0.497 e. The summed E-state index contributed by atoms with van der Waals surface area (Å²) in [7, 11) is 1.63. The summed E-state index contributed by atoms with van der Waals surface area (Å²) in [5.74, 6) is 2.64. The molecule has 0 aliphatic rings. The zero-order chi connectivity index (χ0) is 18.7. The Balaban J connectivity index is 2.36. The van der Waals surface area contributed by atoms with E-state index in [0.29, 0.717) is 13.2 Å². The van der Waals surface area contributed by atoms with Crippen LogP contribution in [0.3, 0.4) is 0 Å². The lowest BCUT2D eigenvalue weighted by atomic mass is 9.93. The predicted octanol–water partition coefficient (Wildman–Crippen LogP) is 2.15. The number of benzene rings is 1. The first kappa shape index (κ1) is 20.8. The second kappa shape index (κ2) is 11.3. The molecule has 0 bridgehead atoms. The van der Waals surface area contributed by atoms with Crippen molar-refractivity contribution < 1.29 is 19.4 Å². The van der Waals surface area contributed by atoms with Crippen LogP contribution in [0.15, 0.2) is 36.4 Å². The molecule has 0 spiro atoms. The van der Waals surface area contributed by atoms with Gasteiger partial charge in [-0.25, -0.2) is 0 Å². The molecule has 3 atom stereocenters. The Labute approximate surface area is 150 Å². The maximum Gasteiger partial charge on any atom is 0.244 e. The highest BCUT2D eigenvalue weighted by Crippen LogP contribution is 2.16. The van der Waals surface area contributed by atoms with Crippen molar-refractivity contribution in [3.05, 3.63) is 42.0 Å². The number of nitrogens with one attached hydrogen (secondary N) is 1. The zero-order valence-electron chi connectivity index (χ0n) is 15.1. The fraction of sp³-hybridized carbons (Fsp3) is 0.450. The van der Waals surface area contributed by atoms with Crippen molar-refractivity contribution in [2.75, 3.05) is 20.3 Å². The molecule has 0 fully saturated rings. The Kier molecular flexibility index (Phi) is 9.38. The molecule has 0 unspecified atom stereocenters. The van der Waals surface area contributed by atoms with Gasteiger partial charge in [0.1, 0.15) is 5.75 Å². The number of aliphatic hydroxyl groups is 1. The first-order chi connectivity index (χ1) is 12.0. The Morgan fingerprint density at radius 3 is 2.64 bits per heavy atom. The zero-order valence-corrected chi connectivity index (χ0v) is 15.1. The van der Waals surface area contributed by atoms with Crippen LogP contribution in [0.4, 0.5) is 0 Å². The lowest BCUT2D eigenvalue weighted by Crippen LogP contribution is -2.28. The molecule has 25 heavy (non-hydrogen) atoms. The van der Waals surface area contributed by atoms with E-state index in [1.807, 2.05) is 38.1 Å². The highest BCUT2D eigenvalue weighted by atomic mass is 16.5. The highest BCUT2D eigenvalue weighted by molar-refractivity contribution is 5.87. The van der Waals surface area contributed by atoms with Gasteiger partial charge in [-0.1, -0.05) is 38.0 Å². The topological polar surface area (TPSA) is 67.8 Å². The molecule has 0 radical (unpaired) electrons. The minimum atomic E-state index is -0.604. The SMILES string of the molecule is C#CCNC(=O)/C=C/[C@@H](C)[C@H](O)[C@H](C)COCc1ccc(OC)cc1. The Morgan fingerprint density at radius 2 is 2.04 bits per heavy atom. The molecule has 1 aromatic rings. The van der Waals surface area contributed by atoms with E-state index in [0.717, 1.165) is 11.3 Å². The van der Waals surface area contributed by atoms with Gasteiger partial charge in [-0.15, -0.1) is 6.42 Å².